The average molecular weight is 154 g/mol. The van der Waals surface area contributed by atoms with Gasteiger partial charge in [-0.2, -0.15) is 0 Å². The molecule has 0 aromatic carbocycles. The van der Waals surface area contributed by atoms with E-state index in [0.717, 1.165) is 0 Å². The second-order valence-electron chi connectivity index (χ2n) is 2.09. The molecule has 0 radical (unpaired) electrons. The van der Waals surface area contributed by atoms with Gasteiger partial charge in [-0.05, 0) is 13.8 Å². The molecular weight excluding hydrogens is 144 g/mol. The smallest absolute Gasteiger partial charge is 0.381 e. The van der Waals surface area contributed by atoms with Crippen molar-refractivity contribution >= 4 is 15.5 Å². The summed E-state index contributed by atoms with van der Waals surface area (Å²) in [5.74, 6) is 1.05. The number of aliphatic carboxylic acids is 1. The van der Waals surface area contributed by atoms with E-state index >= 15 is 0 Å². The fraction of sp³-hybridized carbons (Fsp3) is 0.286. The Morgan fingerprint density at radius 2 is 2.20 bits per heavy atom. The van der Waals surface area contributed by atoms with Gasteiger partial charge >= 0.3 is 5.97 Å². The maximum atomic E-state index is 9.87. The summed E-state index contributed by atoms with van der Waals surface area (Å²) in [5.41, 5.74) is 5.87. The first kappa shape index (κ1) is 8.99. The van der Waals surface area contributed by atoms with E-state index in [0.29, 0.717) is 0 Å². The summed E-state index contributed by atoms with van der Waals surface area (Å²) < 4.78 is 0. The lowest BCUT2D eigenvalue weighted by atomic mass is 10.4. The molecule has 0 aliphatic heterocycles. The Morgan fingerprint density at radius 3 is 2.60 bits per heavy atom. The van der Waals surface area contributed by atoms with Crippen molar-refractivity contribution in [3.63, 3.8) is 0 Å². The summed E-state index contributed by atoms with van der Waals surface area (Å²) >= 11 is 0. The molecule has 2 nitrogen and oxygen atoms in total. The lowest BCUT2D eigenvalue weighted by Crippen LogP contribution is -1.89. The Morgan fingerprint density at radius 1 is 1.60 bits per heavy atom. The molecule has 0 fully saturated rings. The Labute approximate surface area is 62.8 Å². The van der Waals surface area contributed by atoms with Crippen LogP contribution < -0.4 is 0 Å². The van der Waals surface area contributed by atoms with Crippen LogP contribution in [0, 0.1) is 11.5 Å². The van der Waals surface area contributed by atoms with Crippen LogP contribution in [0.3, 0.4) is 0 Å². The molecule has 0 bridgehead atoms. The molecule has 0 amide bonds. The van der Waals surface area contributed by atoms with Gasteiger partial charge < -0.3 is 5.11 Å². The maximum absolute atomic E-state index is 9.87. The quantitative estimate of drug-likeness (QED) is 0.430. The highest BCUT2D eigenvalue weighted by atomic mass is 28.2. The second-order valence-corrected chi connectivity index (χ2v) is 3.26. The lowest BCUT2D eigenvalue weighted by molar-refractivity contribution is -0.130. The van der Waals surface area contributed by atoms with Gasteiger partial charge in [-0.3, -0.25) is 0 Å². The molecule has 0 saturated heterocycles. The van der Waals surface area contributed by atoms with E-state index in [4.69, 9.17) is 5.11 Å². The molecule has 0 aromatic rings. The predicted octanol–water partition coefficient (Wildman–Crippen LogP) is 0.124. The summed E-state index contributed by atoms with van der Waals surface area (Å²) in [4.78, 5) is 9.87. The fourth-order valence-electron chi connectivity index (χ4n) is 0.382. The van der Waals surface area contributed by atoms with Crippen LogP contribution in [0.5, 0.6) is 0 Å². The van der Waals surface area contributed by atoms with Crippen LogP contribution in [-0.2, 0) is 4.79 Å². The van der Waals surface area contributed by atoms with Gasteiger partial charge in [-0.1, -0.05) is 11.3 Å². The minimum absolute atomic E-state index is 0.583. The molecule has 0 spiro atoms. The van der Waals surface area contributed by atoms with Crippen molar-refractivity contribution in [1.82, 2.24) is 0 Å². The predicted molar refractivity (Wildman–Crippen MR) is 43.4 cm³/mol. The third kappa shape index (κ3) is 6.99. The Hall–Kier alpha value is -1.01. The van der Waals surface area contributed by atoms with E-state index in [2.05, 4.69) is 11.5 Å². The van der Waals surface area contributed by atoms with E-state index in [1.165, 1.54) is 5.57 Å². The van der Waals surface area contributed by atoms with Crippen molar-refractivity contribution in [2.24, 2.45) is 0 Å². The van der Waals surface area contributed by atoms with Gasteiger partial charge in [0.1, 0.15) is 9.52 Å². The van der Waals surface area contributed by atoms with Crippen LogP contribution in [0.25, 0.3) is 0 Å². The van der Waals surface area contributed by atoms with Gasteiger partial charge in [-0.15, -0.1) is 5.54 Å². The van der Waals surface area contributed by atoms with Gasteiger partial charge in [0.05, 0.1) is 0 Å². The Bertz CT molecular complexity index is 203. The largest absolute Gasteiger partial charge is 0.472 e. The standard InChI is InChI=1S/C7H10O2Si/c1-6(2)5-10-4-3-7(8)9/h5H,10H2,1-2H3,(H,8,9). The van der Waals surface area contributed by atoms with Gasteiger partial charge in [0.25, 0.3) is 0 Å². The molecule has 1 N–H and O–H groups in total. The highest BCUT2D eigenvalue weighted by Crippen LogP contribution is 1.83. The normalized spacial score (nSPS) is 8.60. The van der Waals surface area contributed by atoms with Crippen LogP contribution in [0.15, 0.2) is 11.3 Å². The van der Waals surface area contributed by atoms with E-state index in [1.54, 1.807) is 0 Å². The molecule has 0 rings (SSSR count). The van der Waals surface area contributed by atoms with Crippen molar-refractivity contribution in [3.8, 4) is 11.5 Å². The molecule has 0 aliphatic rings. The molecular formula is C7H10O2Si. The van der Waals surface area contributed by atoms with E-state index < -0.39 is 15.5 Å². The van der Waals surface area contributed by atoms with E-state index in [1.807, 2.05) is 19.5 Å². The zero-order valence-corrected chi connectivity index (χ0v) is 7.55. The maximum Gasteiger partial charge on any atom is 0.381 e. The minimum atomic E-state index is -1.03. The lowest BCUT2D eigenvalue weighted by Gasteiger charge is -1.80. The van der Waals surface area contributed by atoms with Crippen LogP contribution in [0.4, 0.5) is 0 Å². The number of carboxylic acid groups (broad SMARTS) is 1. The number of carbonyl (C=O) groups is 1. The number of allylic oxidation sites excluding steroid dienone is 1. The van der Waals surface area contributed by atoms with Crippen LogP contribution in [0.2, 0.25) is 0 Å². The highest BCUT2D eigenvalue weighted by Gasteiger charge is 1.80. The topological polar surface area (TPSA) is 37.3 Å². The molecule has 3 heteroatoms. The first-order valence-electron chi connectivity index (χ1n) is 2.98. The summed E-state index contributed by atoms with van der Waals surface area (Å²) in [5, 5.41) is 8.11. The van der Waals surface area contributed by atoms with Gasteiger partial charge in [0, 0.05) is 5.92 Å². The first-order valence-corrected chi connectivity index (χ1v) is 4.50. The van der Waals surface area contributed by atoms with Crippen molar-refractivity contribution in [1.29, 1.82) is 0 Å². The van der Waals surface area contributed by atoms with Gasteiger partial charge in [0.15, 0.2) is 0 Å². The molecule has 10 heavy (non-hydrogen) atoms. The summed E-state index contributed by atoms with van der Waals surface area (Å²) in [6, 6.07) is 0. The second kappa shape index (κ2) is 4.83. The molecule has 54 valence electrons. The van der Waals surface area contributed by atoms with Crippen LogP contribution in [-0.4, -0.2) is 20.6 Å². The molecule has 0 atom stereocenters. The molecule has 0 saturated carbocycles. The van der Waals surface area contributed by atoms with Crippen molar-refractivity contribution < 1.29 is 9.90 Å². The van der Waals surface area contributed by atoms with Gasteiger partial charge in [-0.25, -0.2) is 4.79 Å². The molecule has 0 unspecified atom stereocenters. The van der Waals surface area contributed by atoms with Crippen LogP contribution >= 0.6 is 0 Å². The monoisotopic (exact) mass is 154 g/mol. The Kier molecular flexibility index (Phi) is 4.34. The first-order chi connectivity index (χ1) is 4.63. The molecule has 0 heterocycles. The third-order valence-corrected chi connectivity index (χ3v) is 2.21. The van der Waals surface area contributed by atoms with Crippen molar-refractivity contribution in [2.75, 3.05) is 0 Å². The zero-order chi connectivity index (χ0) is 7.98. The SMILES string of the molecule is CC(C)=C[SiH2]C#CC(=O)O. The number of rotatable bonds is 1. The average Bonchev–Trinajstić information content (AvgIpc) is 1.79. The summed E-state index contributed by atoms with van der Waals surface area (Å²) in [6.45, 7) is 3.96. The minimum Gasteiger partial charge on any atom is -0.472 e. The molecule has 0 aromatic heterocycles. The van der Waals surface area contributed by atoms with E-state index in [9.17, 15) is 4.79 Å². The number of hydrogen-bond acceptors (Lipinski definition) is 1. The highest BCUT2D eigenvalue weighted by molar-refractivity contribution is 6.52. The third-order valence-electron chi connectivity index (χ3n) is 0.808. The Balaban J connectivity index is 3.68. The van der Waals surface area contributed by atoms with Gasteiger partial charge in [0.2, 0.25) is 0 Å². The van der Waals surface area contributed by atoms with Crippen molar-refractivity contribution in [3.05, 3.63) is 11.3 Å². The zero-order valence-electron chi connectivity index (χ0n) is 6.14. The summed E-state index contributed by atoms with van der Waals surface area (Å²) in [6.07, 6.45) is 0. The number of carboxylic acids is 1. The van der Waals surface area contributed by atoms with Crippen LogP contribution in [0.1, 0.15) is 13.8 Å². The van der Waals surface area contributed by atoms with E-state index in [-0.39, 0.29) is 0 Å². The summed E-state index contributed by atoms with van der Waals surface area (Å²) in [7, 11) is -0.583. The fourth-order valence-corrected chi connectivity index (χ4v) is 1.15. The van der Waals surface area contributed by atoms with Crippen molar-refractivity contribution in [2.45, 2.75) is 13.8 Å². The number of hydrogen-bond donors (Lipinski definition) is 1. The molecule has 0 aliphatic carbocycles.